The molecule has 18 heavy (non-hydrogen) atoms. The van der Waals surface area contributed by atoms with Gasteiger partial charge in [0.1, 0.15) is 10.8 Å². The standard InChI is InChI=1S/C13H20N4S/c1-4-5-6-7-10-12-9(2)16-17(3)13(12)15-11(18)8-14-10/h4-8H2,1-3H3,(H,15,18). The van der Waals surface area contributed by atoms with Crippen LogP contribution in [0, 0.1) is 6.92 Å². The molecule has 98 valence electrons. The highest BCUT2D eigenvalue weighted by atomic mass is 32.1. The fraction of sp³-hybridized carbons (Fsp3) is 0.615. The minimum absolute atomic E-state index is 0.588. The Balaban J connectivity index is 2.32. The number of nitrogens with zero attached hydrogens (tertiary/aromatic N) is 3. The van der Waals surface area contributed by atoms with Crippen LogP contribution in [0.1, 0.15) is 43.9 Å². The summed E-state index contributed by atoms with van der Waals surface area (Å²) >= 11 is 5.27. The third-order valence-electron chi connectivity index (χ3n) is 3.20. The number of aliphatic imine (C=N–C) groups is 1. The first kappa shape index (κ1) is 13.2. The Kier molecular flexibility index (Phi) is 4.11. The van der Waals surface area contributed by atoms with Crippen molar-refractivity contribution in [2.24, 2.45) is 12.0 Å². The van der Waals surface area contributed by atoms with Crippen molar-refractivity contribution < 1.29 is 0 Å². The summed E-state index contributed by atoms with van der Waals surface area (Å²) in [5.74, 6) is 0.991. The van der Waals surface area contributed by atoms with Gasteiger partial charge in [0.05, 0.1) is 17.8 Å². The van der Waals surface area contributed by atoms with Crippen molar-refractivity contribution in [1.29, 1.82) is 0 Å². The zero-order valence-electron chi connectivity index (χ0n) is 11.3. The number of hydrogen-bond donors (Lipinski definition) is 1. The van der Waals surface area contributed by atoms with E-state index in [9.17, 15) is 0 Å². The Labute approximate surface area is 113 Å². The molecular formula is C13H20N4S. The maximum atomic E-state index is 5.27. The largest absolute Gasteiger partial charge is 0.333 e. The highest BCUT2D eigenvalue weighted by molar-refractivity contribution is 7.80. The number of nitrogens with one attached hydrogen (secondary N) is 1. The number of thiocarbonyl (C=S) groups is 1. The van der Waals surface area contributed by atoms with E-state index in [1.54, 1.807) is 0 Å². The molecule has 1 aromatic rings. The zero-order chi connectivity index (χ0) is 13.1. The van der Waals surface area contributed by atoms with Gasteiger partial charge in [-0.15, -0.1) is 0 Å². The van der Waals surface area contributed by atoms with Gasteiger partial charge in [-0.25, -0.2) is 0 Å². The molecule has 5 heteroatoms. The van der Waals surface area contributed by atoms with E-state index in [0.717, 1.165) is 34.2 Å². The lowest BCUT2D eigenvalue weighted by Crippen LogP contribution is -2.13. The SMILES string of the molecule is CCCCCC1=NCC(=S)Nc2c1c(C)nn2C. The summed E-state index contributed by atoms with van der Waals surface area (Å²) in [5.41, 5.74) is 3.32. The van der Waals surface area contributed by atoms with Gasteiger partial charge in [0.25, 0.3) is 0 Å². The monoisotopic (exact) mass is 264 g/mol. The van der Waals surface area contributed by atoms with Crippen molar-refractivity contribution in [1.82, 2.24) is 9.78 Å². The zero-order valence-corrected chi connectivity index (χ0v) is 12.1. The summed E-state index contributed by atoms with van der Waals surface area (Å²) in [6, 6.07) is 0. The maximum absolute atomic E-state index is 5.27. The highest BCUT2D eigenvalue weighted by Gasteiger charge is 2.21. The van der Waals surface area contributed by atoms with Crippen LogP contribution in [-0.4, -0.2) is 27.0 Å². The summed E-state index contributed by atoms with van der Waals surface area (Å²) < 4.78 is 1.86. The third-order valence-corrected chi connectivity index (χ3v) is 3.43. The highest BCUT2D eigenvalue weighted by Crippen LogP contribution is 2.24. The topological polar surface area (TPSA) is 42.2 Å². The average Bonchev–Trinajstić information content (AvgIpc) is 2.50. The van der Waals surface area contributed by atoms with Gasteiger partial charge in [-0.2, -0.15) is 5.10 Å². The first-order valence-electron chi connectivity index (χ1n) is 6.50. The van der Waals surface area contributed by atoms with Gasteiger partial charge in [-0.05, 0) is 19.8 Å². The predicted molar refractivity (Wildman–Crippen MR) is 79.7 cm³/mol. The first-order chi connectivity index (χ1) is 8.63. The molecule has 0 saturated heterocycles. The van der Waals surface area contributed by atoms with Gasteiger partial charge >= 0.3 is 0 Å². The third kappa shape index (κ3) is 2.61. The van der Waals surface area contributed by atoms with Crippen LogP contribution in [0.5, 0.6) is 0 Å². The van der Waals surface area contributed by atoms with E-state index in [1.807, 2.05) is 18.7 Å². The van der Waals surface area contributed by atoms with E-state index < -0.39 is 0 Å². The van der Waals surface area contributed by atoms with Crippen molar-refractivity contribution in [3.8, 4) is 0 Å². The molecule has 0 aliphatic carbocycles. The number of rotatable bonds is 4. The van der Waals surface area contributed by atoms with Crippen LogP contribution in [0.3, 0.4) is 0 Å². The molecule has 0 atom stereocenters. The molecule has 0 bridgehead atoms. The van der Waals surface area contributed by atoms with Gasteiger partial charge in [0, 0.05) is 12.8 Å². The summed E-state index contributed by atoms with van der Waals surface area (Å²) in [6.07, 6.45) is 4.65. The van der Waals surface area contributed by atoms with Crippen LogP contribution < -0.4 is 5.32 Å². The number of aromatic nitrogens is 2. The normalized spacial score (nSPS) is 14.8. The molecule has 0 saturated carbocycles. The molecule has 1 aromatic heterocycles. The van der Waals surface area contributed by atoms with Crippen molar-refractivity contribution in [2.45, 2.75) is 39.5 Å². The second-order valence-electron chi connectivity index (χ2n) is 4.70. The molecule has 0 radical (unpaired) electrons. The first-order valence-corrected chi connectivity index (χ1v) is 6.91. The smallest absolute Gasteiger partial charge is 0.138 e. The molecular weight excluding hydrogens is 244 g/mol. The van der Waals surface area contributed by atoms with Crippen LogP contribution >= 0.6 is 12.2 Å². The molecule has 0 spiro atoms. The quantitative estimate of drug-likeness (QED) is 0.671. The van der Waals surface area contributed by atoms with Crippen LogP contribution in [0.25, 0.3) is 0 Å². The molecule has 0 aromatic carbocycles. The molecule has 0 unspecified atom stereocenters. The Morgan fingerprint density at radius 1 is 1.39 bits per heavy atom. The van der Waals surface area contributed by atoms with Crippen LogP contribution in [-0.2, 0) is 7.05 Å². The molecule has 1 aliphatic heterocycles. The second kappa shape index (κ2) is 5.61. The Morgan fingerprint density at radius 3 is 2.89 bits per heavy atom. The second-order valence-corrected chi connectivity index (χ2v) is 5.19. The molecule has 2 heterocycles. The molecule has 0 fully saturated rings. The van der Waals surface area contributed by atoms with Gasteiger partial charge < -0.3 is 5.32 Å². The van der Waals surface area contributed by atoms with Gasteiger partial charge in [-0.3, -0.25) is 9.67 Å². The average molecular weight is 264 g/mol. The van der Waals surface area contributed by atoms with Gasteiger partial charge in [0.2, 0.25) is 0 Å². The lowest BCUT2D eigenvalue weighted by atomic mass is 10.0. The van der Waals surface area contributed by atoms with Crippen molar-refractivity contribution >= 4 is 28.7 Å². The van der Waals surface area contributed by atoms with E-state index in [4.69, 9.17) is 12.2 Å². The van der Waals surface area contributed by atoms with Gasteiger partial charge in [0.15, 0.2) is 0 Å². The maximum Gasteiger partial charge on any atom is 0.138 e. The van der Waals surface area contributed by atoms with Crippen LogP contribution in [0.2, 0.25) is 0 Å². The minimum atomic E-state index is 0.588. The fourth-order valence-corrected chi connectivity index (χ4v) is 2.47. The van der Waals surface area contributed by atoms with Crippen molar-refractivity contribution in [3.63, 3.8) is 0 Å². The molecule has 4 nitrogen and oxygen atoms in total. The summed E-state index contributed by atoms with van der Waals surface area (Å²) in [5, 5.41) is 7.71. The Hall–Kier alpha value is -1.23. The summed E-state index contributed by atoms with van der Waals surface area (Å²) in [6.45, 7) is 4.83. The number of aryl methyl sites for hydroxylation is 2. The van der Waals surface area contributed by atoms with Gasteiger partial charge in [-0.1, -0.05) is 32.0 Å². The van der Waals surface area contributed by atoms with Crippen LogP contribution in [0.15, 0.2) is 4.99 Å². The number of fused-ring (bicyclic) bond motifs is 1. The number of unbranched alkanes of at least 4 members (excludes halogenated alkanes) is 2. The van der Waals surface area contributed by atoms with E-state index in [0.29, 0.717) is 6.54 Å². The van der Waals surface area contributed by atoms with E-state index in [2.05, 4.69) is 22.3 Å². The van der Waals surface area contributed by atoms with E-state index >= 15 is 0 Å². The molecule has 2 rings (SSSR count). The van der Waals surface area contributed by atoms with Crippen molar-refractivity contribution in [3.05, 3.63) is 11.3 Å². The van der Waals surface area contributed by atoms with Crippen molar-refractivity contribution in [2.75, 3.05) is 11.9 Å². The molecule has 1 aliphatic rings. The lowest BCUT2D eigenvalue weighted by molar-refractivity contribution is 0.741. The van der Waals surface area contributed by atoms with Crippen LogP contribution in [0.4, 0.5) is 5.82 Å². The predicted octanol–water partition coefficient (Wildman–Crippen LogP) is 2.85. The molecule has 0 amide bonds. The minimum Gasteiger partial charge on any atom is -0.333 e. The Bertz CT molecular complexity index is 487. The van der Waals surface area contributed by atoms with E-state index in [-0.39, 0.29) is 0 Å². The summed E-state index contributed by atoms with van der Waals surface area (Å²) in [4.78, 5) is 5.42. The summed E-state index contributed by atoms with van der Waals surface area (Å²) in [7, 11) is 1.94. The molecule has 1 N–H and O–H groups in total. The number of anilines is 1. The lowest BCUT2D eigenvalue weighted by Gasteiger charge is -2.06. The fourth-order valence-electron chi connectivity index (χ4n) is 2.31. The Morgan fingerprint density at radius 2 is 2.17 bits per heavy atom. The number of hydrogen-bond acceptors (Lipinski definition) is 3. The van der Waals surface area contributed by atoms with E-state index in [1.165, 1.54) is 19.3 Å².